The molecule has 3 atom stereocenters. The monoisotopic (exact) mass is 317 g/mol. The molecule has 2 aliphatic rings. The van der Waals surface area contributed by atoms with E-state index >= 15 is 0 Å². The first kappa shape index (κ1) is 16.5. The van der Waals surface area contributed by atoms with Gasteiger partial charge in [-0.1, -0.05) is 30.3 Å². The number of hydrogen-bond acceptors (Lipinski definition) is 3. The number of nitrogens with zero attached hydrogens (tertiary/aromatic N) is 1. The minimum Gasteiger partial charge on any atom is -0.379 e. The van der Waals surface area contributed by atoms with E-state index in [9.17, 15) is 4.79 Å². The Labute approximate surface area is 138 Å². The molecule has 2 aliphatic heterocycles. The third kappa shape index (κ3) is 4.12. The van der Waals surface area contributed by atoms with Crippen LogP contribution in [0.4, 0.5) is 0 Å². The number of rotatable bonds is 6. The van der Waals surface area contributed by atoms with Gasteiger partial charge in [-0.3, -0.25) is 4.79 Å². The van der Waals surface area contributed by atoms with Gasteiger partial charge in [0.15, 0.2) is 0 Å². The molecule has 0 radical (unpaired) electrons. The lowest BCUT2D eigenvalue weighted by molar-refractivity contribution is -0.138. The lowest BCUT2D eigenvalue weighted by Crippen LogP contribution is -2.46. The van der Waals surface area contributed by atoms with E-state index in [1.165, 1.54) is 5.56 Å². The molecule has 4 heteroatoms. The number of carbonyl (C=O) groups excluding carboxylic acids is 1. The molecule has 23 heavy (non-hydrogen) atoms. The van der Waals surface area contributed by atoms with Crippen LogP contribution in [0.15, 0.2) is 30.3 Å². The SMILES string of the molecule is CCOC[C@@H]1CCC2C(CCN2C(=O)CCc2ccccc2)O1. The van der Waals surface area contributed by atoms with Crippen molar-refractivity contribution in [1.29, 1.82) is 0 Å². The molecule has 0 spiro atoms. The van der Waals surface area contributed by atoms with Crippen molar-refractivity contribution in [2.45, 2.75) is 57.3 Å². The zero-order chi connectivity index (χ0) is 16.1. The molecule has 1 aromatic carbocycles. The zero-order valence-corrected chi connectivity index (χ0v) is 13.9. The van der Waals surface area contributed by atoms with Crippen LogP contribution in [0.5, 0.6) is 0 Å². The van der Waals surface area contributed by atoms with Gasteiger partial charge in [0.2, 0.25) is 5.91 Å². The van der Waals surface area contributed by atoms with Gasteiger partial charge in [0.1, 0.15) is 0 Å². The van der Waals surface area contributed by atoms with Crippen LogP contribution < -0.4 is 0 Å². The van der Waals surface area contributed by atoms with Crippen LogP contribution in [-0.4, -0.2) is 48.8 Å². The number of benzene rings is 1. The van der Waals surface area contributed by atoms with Crippen molar-refractivity contribution in [1.82, 2.24) is 4.90 Å². The maximum Gasteiger partial charge on any atom is 0.223 e. The maximum absolute atomic E-state index is 12.6. The van der Waals surface area contributed by atoms with Gasteiger partial charge in [0, 0.05) is 19.6 Å². The molecule has 2 fully saturated rings. The van der Waals surface area contributed by atoms with E-state index in [0.717, 1.165) is 38.8 Å². The Morgan fingerprint density at radius 2 is 2.09 bits per heavy atom. The number of amides is 1. The molecule has 0 bridgehead atoms. The van der Waals surface area contributed by atoms with E-state index in [-0.39, 0.29) is 24.2 Å². The van der Waals surface area contributed by atoms with Gasteiger partial charge >= 0.3 is 0 Å². The Kier molecular flexibility index (Phi) is 5.68. The number of ether oxygens (including phenoxy) is 2. The fraction of sp³-hybridized carbons (Fsp3) is 0.632. The Morgan fingerprint density at radius 3 is 2.87 bits per heavy atom. The zero-order valence-electron chi connectivity index (χ0n) is 13.9. The summed E-state index contributed by atoms with van der Waals surface area (Å²) < 4.78 is 11.6. The summed E-state index contributed by atoms with van der Waals surface area (Å²) in [6.45, 7) is 4.26. The van der Waals surface area contributed by atoms with Crippen LogP contribution in [0, 0.1) is 0 Å². The lowest BCUT2D eigenvalue weighted by Gasteiger charge is -2.36. The van der Waals surface area contributed by atoms with E-state index in [4.69, 9.17) is 9.47 Å². The predicted octanol–water partition coefficient (Wildman–Crippen LogP) is 2.80. The van der Waals surface area contributed by atoms with Gasteiger partial charge in [0.05, 0.1) is 24.9 Å². The summed E-state index contributed by atoms with van der Waals surface area (Å²) in [6, 6.07) is 10.5. The number of aryl methyl sites for hydroxylation is 1. The molecule has 3 rings (SSSR count). The summed E-state index contributed by atoms with van der Waals surface area (Å²) in [5.74, 6) is 0.271. The highest BCUT2D eigenvalue weighted by Crippen LogP contribution is 2.32. The number of hydrogen-bond donors (Lipinski definition) is 0. The largest absolute Gasteiger partial charge is 0.379 e. The van der Waals surface area contributed by atoms with E-state index in [2.05, 4.69) is 17.0 Å². The van der Waals surface area contributed by atoms with Gasteiger partial charge in [-0.15, -0.1) is 0 Å². The van der Waals surface area contributed by atoms with Crippen LogP contribution in [0.3, 0.4) is 0 Å². The van der Waals surface area contributed by atoms with Crippen molar-refractivity contribution in [2.75, 3.05) is 19.8 Å². The van der Waals surface area contributed by atoms with Crippen LogP contribution in [0.1, 0.15) is 38.2 Å². The molecule has 0 aliphatic carbocycles. The second-order valence-corrected chi connectivity index (χ2v) is 6.46. The first-order valence-corrected chi connectivity index (χ1v) is 8.84. The topological polar surface area (TPSA) is 38.8 Å². The molecule has 1 amide bonds. The Hall–Kier alpha value is -1.39. The summed E-state index contributed by atoms with van der Waals surface area (Å²) >= 11 is 0. The highest BCUT2D eigenvalue weighted by molar-refractivity contribution is 5.77. The van der Waals surface area contributed by atoms with E-state index in [0.29, 0.717) is 13.0 Å². The molecule has 0 N–H and O–H groups in total. The second-order valence-electron chi connectivity index (χ2n) is 6.46. The number of carbonyl (C=O) groups is 1. The van der Waals surface area contributed by atoms with Gasteiger partial charge < -0.3 is 14.4 Å². The summed E-state index contributed by atoms with van der Waals surface area (Å²) in [5.41, 5.74) is 1.23. The predicted molar refractivity (Wildman–Crippen MR) is 89.3 cm³/mol. The molecule has 2 unspecified atom stereocenters. The molecule has 126 valence electrons. The molecular formula is C19H27NO3. The lowest BCUT2D eigenvalue weighted by atomic mass is 9.99. The molecule has 4 nitrogen and oxygen atoms in total. The normalized spacial score (nSPS) is 27.0. The van der Waals surface area contributed by atoms with Crippen molar-refractivity contribution in [3.05, 3.63) is 35.9 Å². The van der Waals surface area contributed by atoms with Gasteiger partial charge in [0.25, 0.3) is 0 Å². The first-order chi connectivity index (χ1) is 11.3. The van der Waals surface area contributed by atoms with Crippen LogP contribution in [0.2, 0.25) is 0 Å². The van der Waals surface area contributed by atoms with Crippen LogP contribution >= 0.6 is 0 Å². The van der Waals surface area contributed by atoms with Crippen molar-refractivity contribution in [2.24, 2.45) is 0 Å². The third-order valence-corrected chi connectivity index (χ3v) is 4.93. The standard InChI is InChI=1S/C19H27NO3/c1-2-22-14-16-9-10-17-18(23-16)12-13-20(17)19(21)11-8-15-6-4-3-5-7-15/h3-7,16-18H,2,8-14H2,1H3/t16-,17?,18?/m0/s1. The highest BCUT2D eigenvalue weighted by atomic mass is 16.5. The molecule has 2 heterocycles. The average molecular weight is 317 g/mol. The van der Waals surface area contributed by atoms with E-state index < -0.39 is 0 Å². The van der Waals surface area contributed by atoms with Crippen LogP contribution in [0.25, 0.3) is 0 Å². The third-order valence-electron chi connectivity index (χ3n) is 4.93. The smallest absolute Gasteiger partial charge is 0.223 e. The molecular weight excluding hydrogens is 290 g/mol. The van der Waals surface area contributed by atoms with Crippen molar-refractivity contribution >= 4 is 5.91 Å². The molecule has 0 saturated carbocycles. The fourth-order valence-electron chi connectivity index (χ4n) is 3.72. The average Bonchev–Trinajstić information content (AvgIpc) is 3.02. The molecule has 0 aromatic heterocycles. The van der Waals surface area contributed by atoms with Crippen LogP contribution in [-0.2, 0) is 20.7 Å². The highest BCUT2D eigenvalue weighted by Gasteiger charge is 2.41. The van der Waals surface area contributed by atoms with E-state index in [1.54, 1.807) is 0 Å². The summed E-state index contributed by atoms with van der Waals surface area (Å²) in [5, 5.41) is 0. The van der Waals surface area contributed by atoms with Gasteiger partial charge in [-0.2, -0.15) is 0 Å². The summed E-state index contributed by atoms with van der Waals surface area (Å²) in [6.07, 6.45) is 4.82. The minimum absolute atomic E-state index is 0.204. The number of likely N-dealkylation sites (tertiary alicyclic amines) is 1. The number of fused-ring (bicyclic) bond motifs is 1. The quantitative estimate of drug-likeness (QED) is 0.810. The molecule has 2 saturated heterocycles. The Balaban J connectivity index is 1.49. The van der Waals surface area contributed by atoms with Crippen molar-refractivity contribution < 1.29 is 14.3 Å². The summed E-state index contributed by atoms with van der Waals surface area (Å²) in [7, 11) is 0. The first-order valence-electron chi connectivity index (χ1n) is 8.84. The van der Waals surface area contributed by atoms with Crippen molar-refractivity contribution in [3.8, 4) is 0 Å². The second kappa shape index (κ2) is 7.93. The van der Waals surface area contributed by atoms with Gasteiger partial charge in [-0.25, -0.2) is 0 Å². The van der Waals surface area contributed by atoms with Crippen molar-refractivity contribution in [3.63, 3.8) is 0 Å². The maximum atomic E-state index is 12.6. The Bertz CT molecular complexity index is 505. The van der Waals surface area contributed by atoms with E-state index in [1.807, 2.05) is 25.1 Å². The minimum atomic E-state index is 0.204. The molecule has 1 aromatic rings. The Morgan fingerprint density at radius 1 is 1.26 bits per heavy atom. The fourth-order valence-corrected chi connectivity index (χ4v) is 3.72. The summed E-state index contributed by atoms with van der Waals surface area (Å²) in [4.78, 5) is 14.6. The van der Waals surface area contributed by atoms with Gasteiger partial charge in [-0.05, 0) is 38.2 Å².